The molecule has 2 heterocycles. The summed E-state index contributed by atoms with van der Waals surface area (Å²) in [6, 6.07) is 6.35. The third-order valence-corrected chi connectivity index (χ3v) is 7.91. The summed E-state index contributed by atoms with van der Waals surface area (Å²) in [6.45, 7) is 0.977. The Morgan fingerprint density at radius 1 is 1.00 bits per heavy atom. The van der Waals surface area contributed by atoms with Crippen LogP contribution in [0, 0.1) is 11.6 Å². The number of methoxy groups -OCH3 is 2. The Hall–Kier alpha value is -2.52. The van der Waals surface area contributed by atoms with Crippen molar-refractivity contribution >= 4 is 9.84 Å². The fourth-order valence-electron chi connectivity index (χ4n) is 4.32. The molecule has 0 bridgehead atoms. The zero-order chi connectivity index (χ0) is 23.1. The third-order valence-electron chi connectivity index (χ3n) is 6.00. The van der Waals surface area contributed by atoms with Gasteiger partial charge in [-0.15, -0.1) is 0 Å². The molecule has 0 N–H and O–H groups in total. The minimum absolute atomic E-state index is 0.0333. The molecule has 172 valence electrons. The normalized spacial score (nSPS) is 20.8. The Kier molecular flexibility index (Phi) is 5.98. The van der Waals surface area contributed by atoms with Gasteiger partial charge in [-0.05, 0) is 48.2 Å². The second kappa shape index (κ2) is 8.44. The number of allylic oxidation sites excluding steroid dienone is 2. The van der Waals surface area contributed by atoms with Gasteiger partial charge in [0, 0.05) is 38.2 Å². The van der Waals surface area contributed by atoms with Gasteiger partial charge in [-0.1, -0.05) is 0 Å². The first-order valence-corrected chi connectivity index (χ1v) is 11.7. The number of hydrogen-bond acceptors (Lipinski definition) is 5. The largest absolute Gasteiger partial charge is 0.493 e. The predicted octanol–water partition coefficient (Wildman–Crippen LogP) is 4.20. The van der Waals surface area contributed by atoms with E-state index in [1.165, 1.54) is 38.5 Å². The fourth-order valence-corrected chi connectivity index (χ4v) is 6.05. The summed E-state index contributed by atoms with van der Waals surface area (Å²) in [4.78, 5) is 2.04. The minimum Gasteiger partial charge on any atom is -0.493 e. The van der Waals surface area contributed by atoms with Gasteiger partial charge < -0.3 is 9.47 Å². The second-order valence-corrected chi connectivity index (χ2v) is 10.2. The summed E-state index contributed by atoms with van der Waals surface area (Å²) in [5, 5.41) is 0. The van der Waals surface area contributed by atoms with Crippen LogP contribution >= 0.6 is 0 Å². The lowest BCUT2D eigenvalue weighted by atomic mass is 9.92. The standard InChI is InChI=1S/C23H24F3NO4S/c1-30-20-10-16-9-19(32(28,29)22(16)12-21(20)31-2)13-23(26)3-5-27(6-4-23)14-15-7-17(24)11-18(25)8-15/h7-8,10-13H,3-6,9,14H2,1-2H3/b19-13+. The van der Waals surface area contributed by atoms with Crippen LogP contribution in [0.4, 0.5) is 13.2 Å². The SMILES string of the molecule is COc1cc2c(cc1OC)S(=O)(=O)/C(=C/C1(F)CCN(Cc3cc(F)cc(F)c3)CC1)C2. The van der Waals surface area contributed by atoms with Crippen molar-refractivity contribution in [2.45, 2.75) is 36.4 Å². The van der Waals surface area contributed by atoms with Crippen LogP contribution in [0.2, 0.25) is 0 Å². The lowest BCUT2D eigenvalue weighted by Crippen LogP contribution is -2.40. The van der Waals surface area contributed by atoms with E-state index >= 15 is 4.39 Å². The van der Waals surface area contributed by atoms with Crippen molar-refractivity contribution in [3.63, 3.8) is 0 Å². The molecule has 9 heteroatoms. The van der Waals surface area contributed by atoms with Gasteiger partial charge in [-0.2, -0.15) is 0 Å². The average molecular weight is 468 g/mol. The first kappa shape index (κ1) is 22.7. The topological polar surface area (TPSA) is 55.8 Å². The van der Waals surface area contributed by atoms with Gasteiger partial charge >= 0.3 is 0 Å². The highest BCUT2D eigenvalue weighted by Gasteiger charge is 2.39. The summed E-state index contributed by atoms with van der Waals surface area (Å²) >= 11 is 0. The number of rotatable bonds is 5. The van der Waals surface area contributed by atoms with Gasteiger partial charge in [0.25, 0.3) is 0 Å². The number of nitrogens with zero attached hydrogens (tertiary/aromatic N) is 1. The number of halogens is 3. The summed E-state index contributed by atoms with van der Waals surface area (Å²) < 4.78 is 78.9. The lowest BCUT2D eigenvalue weighted by Gasteiger charge is -2.35. The molecule has 0 spiro atoms. The van der Waals surface area contributed by atoms with Crippen molar-refractivity contribution in [2.24, 2.45) is 0 Å². The second-order valence-electron chi connectivity index (χ2n) is 8.19. The molecular formula is C23H24F3NO4S. The van der Waals surface area contributed by atoms with E-state index in [-0.39, 0.29) is 29.1 Å². The molecule has 1 fully saturated rings. The van der Waals surface area contributed by atoms with Crippen LogP contribution in [0.5, 0.6) is 11.5 Å². The van der Waals surface area contributed by atoms with Crippen molar-refractivity contribution in [1.82, 2.24) is 4.90 Å². The van der Waals surface area contributed by atoms with E-state index in [4.69, 9.17) is 9.47 Å². The van der Waals surface area contributed by atoms with Crippen LogP contribution in [-0.2, 0) is 22.8 Å². The van der Waals surface area contributed by atoms with Gasteiger partial charge in [0.15, 0.2) is 11.5 Å². The predicted molar refractivity (Wildman–Crippen MR) is 113 cm³/mol. The highest BCUT2D eigenvalue weighted by atomic mass is 32.2. The van der Waals surface area contributed by atoms with Gasteiger partial charge in [0.05, 0.1) is 24.0 Å². The van der Waals surface area contributed by atoms with Crippen LogP contribution in [-0.4, -0.2) is 46.3 Å². The lowest BCUT2D eigenvalue weighted by molar-refractivity contribution is 0.0924. The van der Waals surface area contributed by atoms with Crippen LogP contribution in [0.15, 0.2) is 46.2 Å². The Labute approximate surface area is 185 Å². The molecule has 0 atom stereocenters. The van der Waals surface area contributed by atoms with Crippen molar-refractivity contribution < 1.29 is 31.1 Å². The maximum absolute atomic E-state index is 15.6. The molecule has 0 aliphatic carbocycles. The monoisotopic (exact) mass is 467 g/mol. The summed E-state index contributed by atoms with van der Waals surface area (Å²) in [7, 11) is -0.937. The molecule has 5 nitrogen and oxygen atoms in total. The molecule has 0 saturated carbocycles. The van der Waals surface area contributed by atoms with E-state index in [9.17, 15) is 17.2 Å². The Bertz CT molecular complexity index is 1150. The van der Waals surface area contributed by atoms with E-state index < -0.39 is 27.1 Å². The van der Waals surface area contributed by atoms with Gasteiger partial charge in [-0.25, -0.2) is 21.6 Å². The average Bonchev–Trinajstić information content (AvgIpc) is 2.97. The highest BCUT2D eigenvalue weighted by molar-refractivity contribution is 7.95. The highest BCUT2D eigenvalue weighted by Crippen LogP contribution is 2.43. The van der Waals surface area contributed by atoms with Crippen LogP contribution in [0.3, 0.4) is 0 Å². The Morgan fingerprint density at radius 2 is 1.59 bits per heavy atom. The molecule has 0 radical (unpaired) electrons. The maximum Gasteiger partial charge on any atom is 0.203 e. The number of alkyl halides is 1. The number of hydrogen-bond donors (Lipinski definition) is 0. The van der Waals surface area contributed by atoms with E-state index in [0.717, 1.165) is 6.07 Å². The van der Waals surface area contributed by atoms with Gasteiger partial charge in [0.1, 0.15) is 17.3 Å². The summed E-state index contributed by atoms with van der Waals surface area (Å²) in [6.07, 6.45) is 1.51. The Morgan fingerprint density at radius 3 is 2.19 bits per heavy atom. The van der Waals surface area contributed by atoms with Crippen LogP contribution in [0.25, 0.3) is 0 Å². The molecule has 2 aromatic carbocycles. The number of piperidine rings is 1. The maximum atomic E-state index is 15.6. The van der Waals surface area contributed by atoms with Crippen molar-refractivity contribution in [1.29, 1.82) is 0 Å². The van der Waals surface area contributed by atoms with E-state index in [1.807, 2.05) is 4.90 Å². The number of likely N-dealkylation sites (tertiary alicyclic amines) is 1. The first-order chi connectivity index (χ1) is 15.1. The van der Waals surface area contributed by atoms with E-state index in [1.54, 1.807) is 6.07 Å². The number of ether oxygens (including phenoxy) is 2. The van der Waals surface area contributed by atoms with Crippen LogP contribution in [0.1, 0.15) is 24.0 Å². The van der Waals surface area contributed by atoms with Gasteiger partial charge in [-0.3, -0.25) is 4.90 Å². The molecule has 2 aliphatic rings. The Balaban J connectivity index is 1.50. The van der Waals surface area contributed by atoms with Crippen LogP contribution < -0.4 is 9.47 Å². The van der Waals surface area contributed by atoms with Crippen molar-refractivity contribution in [3.05, 3.63) is 64.1 Å². The number of benzene rings is 2. The molecule has 0 amide bonds. The zero-order valence-electron chi connectivity index (χ0n) is 17.8. The van der Waals surface area contributed by atoms with E-state index in [0.29, 0.717) is 42.3 Å². The smallest absolute Gasteiger partial charge is 0.203 e. The first-order valence-electron chi connectivity index (χ1n) is 10.2. The van der Waals surface area contributed by atoms with Gasteiger partial charge in [0.2, 0.25) is 9.84 Å². The zero-order valence-corrected chi connectivity index (χ0v) is 18.6. The number of fused-ring (bicyclic) bond motifs is 1. The molecule has 0 aromatic heterocycles. The summed E-state index contributed by atoms with van der Waals surface area (Å²) in [5.74, 6) is -0.588. The molecule has 4 rings (SSSR count). The quantitative estimate of drug-likeness (QED) is 0.660. The number of sulfone groups is 1. The third kappa shape index (κ3) is 4.36. The molecule has 2 aliphatic heterocycles. The van der Waals surface area contributed by atoms with E-state index in [2.05, 4.69) is 0 Å². The molecule has 0 unspecified atom stereocenters. The minimum atomic E-state index is -3.82. The molecule has 32 heavy (non-hydrogen) atoms. The molecule has 1 saturated heterocycles. The van der Waals surface area contributed by atoms with Crippen molar-refractivity contribution in [3.8, 4) is 11.5 Å². The summed E-state index contributed by atoms with van der Waals surface area (Å²) in [5.41, 5.74) is -0.755. The fraction of sp³-hybridized carbons (Fsp3) is 0.391. The van der Waals surface area contributed by atoms with Crippen molar-refractivity contribution in [2.75, 3.05) is 27.3 Å². The molecule has 2 aromatic rings. The molecular weight excluding hydrogens is 443 g/mol.